The molecule has 5 N–H and O–H groups in total. The smallest absolute Gasteiger partial charge is 0.206 e. The van der Waals surface area contributed by atoms with Gasteiger partial charge in [-0.05, 0) is 55.9 Å². The summed E-state index contributed by atoms with van der Waals surface area (Å²) in [5, 5.41) is 22.4. The number of nitrogens with two attached hydrogens (primary N) is 1. The van der Waals surface area contributed by atoms with Crippen LogP contribution in [0.1, 0.15) is 71.1 Å². The summed E-state index contributed by atoms with van der Waals surface area (Å²) < 4.78 is 0. The summed E-state index contributed by atoms with van der Waals surface area (Å²) in [6.45, 7) is 2.29. The third-order valence-electron chi connectivity index (χ3n) is 7.39. The van der Waals surface area contributed by atoms with E-state index in [0.717, 1.165) is 37.5 Å². The van der Waals surface area contributed by atoms with Crippen LogP contribution in [0.25, 0.3) is 0 Å². The van der Waals surface area contributed by atoms with E-state index in [1.807, 2.05) is 6.08 Å². The zero-order valence-electron chi connectivity index (χ0n) is 15.5. The van der Waals surface area contributed by atoms with Gasteiger partial charge in [0.2, 0.25) is 5.96 Å². The number of nitrogens with one attached hydrogen (secondary N) is 2. The van der Waals surface area contributed by atoms with E-state index in [0.29, 0.717) is 5.92 Å². The Morgan fingerprint density at radius 3 is 2.64 bits per heavy atom. The highest BCUT2D eigenvalue weighted by atomic mass is 16.3. The summed E-state index contributed by atoms with van der Waals surface area (Å²) in [7, 11) is 0. The van der Waals surface area contributed by atoms with Gasteiger partial charge in [-0.15, -0.1) is 0 Å². The second kappa shape index (κ2) is 7.48. The first-order valence-corrected chi connectivity index (χ1v) is 9.97. The van der Waals surface area contributed by atoms with Crippen molar-refractivity contribution in [3.63, 3.8) is 0 Å². The number of hydrogen-bond donors (Lipinski definition) is 4. The molecule has 5 heteroatoms. The molecule has 0 saturated heterocycles. The van der Waals surface area contributed by atoms with E-state index in [1.54, 1.807) is 6.21 Å². The van der Waals surface area contributed by atoms with Gasteiger partial charge in [0.05, 0.1) is 5.60 Å². The maximum absolute atomic E-state index is 11.5. The van der Waals surface area contributed by atoms with Gasteiger partial charge in [-0.3, -0.25) is 5.41 Å². The van der Waals surface area contributed by atoms with Gasteiger partial charge < -0.3 is 10.8 Å². The molecule has 25 heavy (non-hydrogen) atoms. The number of rotatable bonds is 4. The normalized spacial score (nSPS) is 39.8. The highest BCUT2D eigenvalue weighted by Gasteiger charge is 2.58. The summed E-state index contributed by atoms with van der Waals surface area (Å²) in [5.74, 6) is 1.81. The van der Waals surface area contributed by atoms with Crippen molar-refractivity contribution in [2.75, 3.05) is 0 Å². The molecule has 3 aliphatic carbocycles. The molecule has 0 bridgehead atoms. The Hall–Kier alpha value is -1.36. The van der Waals surface area contributed by atoms with Crippen LogP contribution in [0.15, 0.2) is 17.3 Å². The molecule has 0 aromatic carbocycles. The van der Waals surface area contributed by atoms with Crippen molar-refractivity contribution in [1.82, 2.24) is 5.43 Å². The lowest BCUT2D eigenvalue weighted by molar-refractivity contribution is -0.117. The van der Waals surface area contributed by atoms with Crippen LogP contribution in [0.5, 0.6) is 0 Å². The van der Waals surface area contributed by atoms with Gasteiger partial charge in [0.15, 0.2) is 0 Å². The Morgan fingerprint density at radius 1 is 1.16 bits per heavy atom. The lowest BCUT2D eigenvalue weighted by atomic mass is 9.57. The largest absolute Gasteiger partial charge is 0.389 e. The number of guanidine groups is 1. The first-order valence-electron chi connectivity index (χ1n) is 9.97. The second-order valence-electron chi connectivity index (χ2n) is 8.68. The van der Waals surface area contributed by atoms with E-state index >= 15 is 0 Å². The minimum atomic E-state index is -0.503. The lowest BCUT2D eigenvalue weighted by Gasteiger charge is -2.51. The Bertz CT molecular complexity index is 540. The minimum Gasteiger partial charge on any atom is -0.389 e. The van der Waals surface area contributed by atoms with Crippen molar-refractivity contribution in [3.05, 3.63) is 12.2 Å². The molecule has 0 aliphatic heterocycles. The molecule has 0 heterocycles. The second-order valence-corrected chi connectivity index (χ2v) is 8.68. The van der Waals surface area contributed by atoms with Gasteiger partial charge in [-0.25, -0.2) is 5.43 Å². The van der Waals surface area contributed by atoms with E-state index in [-0.39, 0.29) is 11.4 Å². The van der Waals surface area contributed by atoms with Crippen LogP contribution in [-0.2, 0) is 0 Å². The number of hydrogen-bond acceptors (Lipinski definition) is 3. The molecule has 5 nitrogen and oxygen atoms in total. The van der Waals surface area contributed by atoms with E-state index in [1.165, 1.54) is 38.5 Å². The monoisotopic (exact) mass is 346 g/mol. The van der Waals surface area contributed by atoms with Crippen molar-refractivity contribution >= 4 is 12.2 Å². The Morgan fingerprint density at radius 2 is 1.92 bits per heavy atom. The van der Waals surface area contributed by atoms with Gasteiger partial charge in [0.25, 0.3) is 0 Å². The molecule has 0 aromatic heterocycles. The third-order valence-corrected chi connectivity index (χ3v) is 7.39. The molecule has 4 atom stereocenters. The van der Waals surface area contributed by atoms with E-state index < -0.39 is 5.60 Å². The molecule has 140 valence electrons. The fourth-order valence-corrected chi connectivity index (χ4v) is 5.77. The lowest BCUT2D eigenvalue weighted by Crippen LogP contribution is -2.50. The summed E-state index contributed by atoms with van der Waals surface area (Å²) in [4.78, 5) is 0. The molecule has 0 radical (unpaired) electrons. The molecule has 3 aliphatic rings. The first-order chi connectivity index (χ1) is 11.9. The fraction of sp³-hybridized carbons (Fsp3) is 0.800. The van der Waals surface area contributed by atoms with Crippen LogP contribution < -0.4 is 11.2 Å². The maximum atomic E-state index is 11.5. The molecule has 3 rings (SSSR count). The average Bonchev–Trinajstić information content (AvgIpc) is 2.86. The summed E-state index contributed by atoms with van der Waals surface area (Å²) in [6, 6.07) is 0. The van der Waals surface area contributed by atoms with E-state index in [2.05, 4.69) is 23.5 Å². The first kappa shape index (κ1) is 18.4. The Balaban J connectivity index is 1.63. The summed E-state index contributed by atoms with van der Waals surface area (Å²) in [5.41, 5.74) is 7.09. The van der Waals surface area contributed by atoms with Gasteiger partial charge in [0, 0.05) is 11.6 Å². The zero-order valence-corrected chi connectivity index (χ0v) is 15.5. The van der Waals surface area contributed by atoms with Crippen LogP contribution in [0, 0.1) is 28.6 Å². The van der Waals surface area contributed by atoms with Gasteiger partial charge in [-0.1, -0.05) is 45.1 Å². The summed E-state index contributed by atoms with van der Waals surface area (Å²) in [6.07, 6.45) is 18.0. The topological polar surface area (TPSA) is 94.5 Å². The van der Waals surface area contributed by atoms with Crippen molar-refractivity contribution < 1.29 is 5.11 Å². The van der Waals surface area contributed by atoms with Crippen LogP contribution in [0.3, 0.4) is 0 Å². The number of fused-ring (bicyclic) bond motifs is 1. The van der Waals surface area contributed by atoms with Crippen LogP contribution >= 0.6 is 0 Å². The quantitative estimate of drug-likeness (QED) is 0.356. The van der Waals surface area contributed by atoms with Crippen molar-refractivity contribution in [1.29, 1.82) is 5.41 Å². The minimum absolute atomic E-state index is 0.0174. The maximum Gasteiger partial charge on any atom is 0.206 e. The number of hydrazone groups is 1. The Kier molecular flexibility index (Phi) is 5.52. The van der Waals surface area contributed by atoms with E-state index in [9.17, 15) is 5.11 Å². The van der Waals surface area contributed by atoms with Crippen LogP contribution in [-0.4, -0.2) is 22.9 Å². The molecule has 0 spiro atoms. The SMILES string of the molecule is C[C@]12CC[C@H](C3CCCCC3)C[C@@]1(O)CC[C@@H]2C=CC=NNC(=N)N. The van der Waals surface area contributed by atoms with Gasteiger partial charge >= 0.3 is 0 Å². The number of aliphatic hydroxyl groups is 1. The molecule has 0 aromatic rings. The predicted octanol–water partition coefficient (Wildman–Crippen LogP) is 3.54. The van der Waals surface area contributed by atoms with Crippen molar-refractivity contribution in [2.45, 2.75) is 76.7 Å². The van der Waals surface area contributed by atoms with Gasteiger partial charge in [-0.2, -0.15) is 5.10 Å². The average molecular weight is 347 g/mol. The standard InChI is InChI=1S/C20H34N4O/c1-19-11-9-16(15-6-3-2-4-7-15)14-20(19,25)12-10-17(19)8-5-13-23-24-18(21)22/h5,8,13,15-17,25H,2-4,6-7,9-12,14H2,1H3,(H4,21,22,24)/t16-,17-,19+,20-/m0/s1. The van der Waals surface area contributed by atoms with Crippen LogP contribution in [0.4, 0.5) is 0 Å². The van der Waals surface area contributed by atoms with E-state index in [4.69, 9.17) is 11.1 Å². The third kappa shape index (κ3) is 3.76. The van der Waals surface area contributed by atoms with Crippen molar-refractivity contribution in [3.8, 4) is 0 Å². The summed E-state index contributed by atoms with van der Waals surface area (Å²) >= 11 is 0. The fourth-order valence-electron chi connectivity index (χ4n) is 5.77. The molecular weight excluding hydrogens is 312 g/mol. The molecule has 3 fully saturated rings. The zero-order chi connectivity index (χ0) is 17.9. The Labute approximate surface area is 151 Å². The molecule has 0 unspecified atom stereocenters. The predicted molar refractivity (Wildman–Crippen MR) is 102 cm³/mol. The molecular formula is C20H34N4O. The molecule has 0 amide bonds. The molecule has 3 saturated carbocycles. The highest BCUT2D eigenvalue weighted by Crippen LogP contribution is 2.61. The van der Waals surface area contributed by atoms with Gasteiger partial charge in [0.1, 0.15) is 0 Å². The number of allylic oxidation sites excluding steroid dienone is 2. The van der Waals surface area contributed by atoms with Crippen LogP contribution in [0.2, 0.25) is 0 Å². The van der Waals surface area contributed by atoms with Crippen molar-refractivity contribution in [2.24, 2.45) is 34.0 Å². The number of nitrogens with zero attached hydrogens (tertiary/aromatic N) is 1. The highest BCUT2D eigenvalue weighted by molar-refractivity contribution is 5.77.